The smallest absolute Gasteiger partial charge is 0.157 e. The van der Waals surface area contributed by atoms with Crippen molar-refractivity contribution in [2.75, 3.05) is 0 Å². The molecule has 0 spiro atoms. The molecule has 10 heavy (non-hydrogen) atoms. The predicted molar refractivity (Wildman–Crippen MR) is 39.7 cm³/mol. The summed E-state index contributed by atoms with van der Waals surface area (Å²) < 4.78 is 0. The van der Waals surface area contributed by atoms with Gasteiger partial charge in [0.1, 0.15) is 6.26 Å². The number of aliphatic hydroxyl groups excluding tert-OH is 2. The Morgan fingerprint density at radius 1 is 1.20 bits per heavy atom. The molecule has 0 aliphatic carbocycles. The molecular formula is C8H8O2. The Hall–Kier alpha value is -1.44. The Kier molecular flexibility index (Phi) is 1.95. The van der Waals surface area contributed by atoms with Crippen molar-refractivity contribution >= 4 is 5.76 Å². The van der Waals surface area contributed by atoms with Crippen molar-refractivity contribution in [1.82, 2.24) is 0 Å². The summed E-state index contributed by atoms with van der Waals surface area (Å²) in [6.45, 7) is 0. The van der Waals surface area contributed by atoms with Gasteiger partial charge in [-0.1, -0.05) is 30.3 Å². The largest absolute Gasteiger partial charge is 0.512 e. The topological polar surface area (TPSA) is 40.5 Å². The lowest BCUT2D eigenvalue weighted by Crippen LogP contribution is -1.79. The Morgan fingerprint density at radius 2 is 1.80 bits per heavy atom. The maximum atomic E-state index is 8.94. The van der Waals surface area contributed by atoms with Crippen LogP contribution >= 0.6 is 0 Å². The van der Waals surface area contributed by atoms with Crippen molar-refractivity contribution in [2.45, 2.75) is 0 Å². The van der Waals surface area contributed by atoms with Gasteiger partial charge in [-0.15, -0.1) is 0 Å². The second-order valence-corrected chi connectivity index (χ2v) is 1.88. The van der Waals surface area contributed by atoms with Crippen LogP contribution < -0.4 is 0 Å². The normalized spacial score (nSPS) is 11.4. The van der Waals surface area contributed by atoms with Crippen LogP contribution in [0.3, 0.4) is 0 Å². The Morgan fingerprint density at radius 3 is 2.30 bits per heavy atom. The van der Waals surface area contributed by atoms with E-state index < -0.39 is 0 Å². The number of rotatable bonds is 1. The van der Waals surface area contributed by atoms with Gasteiger partial charge in [0.25, 0.3) is 0 Å². The van der Waals surface area contributed by atoms with Gasteiger partial charge in [-0.2, -0.15) is 0 Å². The van der Waals surface area contributed by atoms with Crippen LogP contribution in [0.4, 0.5) is 0 Å². The highest BCUT2D eigenvalue weighted by Gasteiger charge is 1.93. The van der Waals surface area contributed by atoms with Crippen molar-refractivity contribution in [3.63, 3.8) is 0 Å². The summed E-state index contributed by atoms with van der Waals surface area (Å²) in [6.07, 6.45) is 0.676. The van der Waals surface area contributed by atoms with E-state index in [-0.39, 0.29) is 5.76 Å². The summed E-state index contributed by atoms with van der Waals surface area (Å²) in [4.78, 5) is 0. The van der Waals surface area contributed by atoms with E-state index in [2.05, 4.69) is 0 Å². The van der Waals surface area contributed by atoms with Gasteiger partial charge in [-0.25, -0.2) is 0 Å². The first-order valence-corrected chi connectivity index (χ1v) is 2.93. The molecule has 0 aliphatic heterocycles. The minimum Gasteiger partial charge on any atom is -0.512 e. The Labute approximate surface area is 59.1 Å². The standard InChI is InChI=1S/C8H8O2/c9-6-8(10)7-4-2-1-3-5-7/h1-6,9-10H. The maximum absolute atomic E-state index is 8.94. The van der Waals surface area contributed by atoms with E-state index in [0.29, 0.717) is 11.8 Å². The SMILES string of the molecule is OC=C(O)c1ccccc1. The van der Waals surface area contributed by atoms with E-state index >= 15 is 0 Å². The fourth-order valence-electron chi connectivity index (χ4n) is 0.683. The number of benzene rings is 1. The first-order valence-electron chi connectivity index (χ1n) is 2.93. The van der Waals surface area contributed by atoms with Gasteiger partial charge >= 0.3 is 0 Å². The molecule has 0 bridgehead atoms. The van der Waals surface area contributed by atoms with Crippen molar-refractivity contribution in [3.8, 4) is 0 Å². The van der Waals surface area contributed by atoms with Crippen LogP contribution in [-0.2, 0) is 0 Å². The van der Waals surface area contributed by atoms with Gasteiger partial charge in [-0.3, -0.25) is 0 Å². The minimum absolute atomic E-state index is 0.111. The second-order valence-electron chi connectivity index (χ2n) is 1.88. The molecule has 2 nitrogen and oxygen atoms in total. The second kappa shape index (κ2) is 2.92. The third kappa shape index (κ3) is 1.29. The van der Waals surface area contributed by atoms with Gasteiger partial charge in [0, 0.05) is 5.56 Å². The summed E-state index contributed by atoms with van der Waals surface area (Å²) in [5.74, 6) is -0.111. The van der Waals surface area contributed by atoms with Crippen LogP contribution in [0, 0.1) is 0 Å². The Balaban J connectivity index is 2.96. The molecule has 0 radical (unpaired) electrons. The molecule has 2 N–H and O–H groups in total. The summed E-state index contributed by atoms with van der Waals surface area (Å²) in [5.41, 5.74) is 0.616. The average Bonchev–Trinajstić information content (AvgIpc) is 2.05. The highest BCUT2D eigenvalue weighted by atomic mass is 16.3. The van der Waals surface area contributed by atoms with Crippen LogP contribution in [-0.4, -0.2) is 10.2 Å². The van der Waals surface area contributed by atoms with Crippen LogP contribution in [0.15, 0.2) is 36.6 Å². The van der Waals surface area contributed by atoms with E-state index in [1.807, 2.05) is 6.07 Å². The van der Waals surface area contributed by atoms with Crippen molar-refractivity contribution in [3.05, 3.63) is 42.2 Å². The van der Waals surface area contributed by atoms with E-state index in [0.717, 1.165) is 0 Å². The molecule has 0 saturated heterocycles. The van der Waals surface area contributed by atoms with E-state index in [9.17, 15) is 0 Å². The molecule has 0 aromatic heterocycles. The maximum Gasteiger partial charge on any atom is 0.157 e. The molecule has 52 valence electrons. The molecule has 0 fully saturated rings. The summed E-state index contributed by atoms with van der Waals surface area (Å²) in [5, 5.41) is 17.3. The molecule has 0 saturated carbocycles. The van der Waals surface area contributed by atoms with E-state index in [1.165, 1.54) is 0 Å². The molecule has 2 heteroatoms. The lowest BCUT2D eigenvalue weighted by atomic mass is 10.2. The highest BCUT2D eigenvalue weighted by molar-refractivity contribution is 5.56. The zero-order valence-electron chi connectivity index (χ0n) is 5.36. The van der Waals surface area contributed by atoms with Crippen LogP contribution in [0.25, 0.3) is 5.76 Å². The summed E-state index contributed by atoms with van der Waals surface area (Å²) in [7, 11) is 0. The first-order chi connectivity index (χ1) is 4.84. The molecule has 1 rings (SSSR count). The van der Waals surface area contributed by atoms with E-state index in [4.69, 9.17) is 10.2 Å². The lowest BCUT2D eigenvalue weighted by Gasteiger charge is -1.94. The fourth-order valence-corrected chi connectivity index (χ4v) is 0.683. The van der Waals surface area contributed by atoms with Crippen LogP contribution in [0.5, 0.6) is 0 Å². The number of aliphatic hydroxyl groups is 2. The zero-order valence-corrected chi connectivity index (χ0v) is 5.36. The third-order valence-electron chi connectivity index (χ3n) is 1.19. The lowest BCUT2D eigenvalue weighted by molar-refractivity contribution is 0.431. The molecular weight excluding hydrogens is 128 g/mol. The van der Waals surface area contributed by atoms with Gasteiger partial charge in [0.05, 0.1) is 0 Å². The van der Waals surface area contributed by atoms with Gasteiger partial charge < -0.3 is 10.2 Å². The zero-order chi connectivity index (χ0) is 7.40. The summed E-state index contributed by atoms with van der Waals surface area (Å²) in [6, 6.07) is 8.84. The van der Waals surface area contributed by atoms with Crippen LogP contribution in [0.1, 0.15) is 5.56 Å². The Bertz CT molecular complexity index is 226. The molecule has 0 atom stereocenters. The fraction of sp³-hybridized carbons (Fsp3) is 0. The highest BCUT2D eigenvalue weighted by Crippen LogP contribution is 2.07. The molecule has 1 aromatic carbocycles. The predicted octanol–water partition coefficient (Wildman–Crippen LogP) is 2.10. The van der Waals surface area contributed by atoms with Gasteiger partial charge in [0.15, 0.2) is 5.76 Å². The molecule has 0 heterocycles. The van der Waals surface area contributed by atoms with Gasteiger partial charge in [-0.05, 0) is 0 Å². The number of hydrogen-bond donors (Lipinski definition) is 2. The monoisotopic (exact) mass is 136 g/mol. The molecule has 1 aromatic rings. The van der Waals surface area contributed by atoms with E-state index in [1.54, 1.807) is 24.3 Å². The quantitative estimate of drug-likeness (QED) is 0.580. The molecule has 0 aliphatic rings. The molecule has 0 amide bonds. The third-order valence-corrected chi connectivity index (χ3v) is 1.19. The van der Waals surface area contributed by atoms with Gasteiger partial charge in [0.2, 0.25) is 0 Å². The number of hydrogen-bond acceptors (Lipinski definition) is 2. The average molecular weight is 136 g/mol. The van der Waals surface area contributed by atoms with Crippen molar-refractivity contribution in [1.29, 1.82) is 0 Å². The first kappa shape index (κ1) is 6.68. The van der Waals surface area contributed by atoms with Crippen molar-refractivity contribution in [2.24, 2.45) is 0 Å². The van der Waals surface area contributed by atoms with Crippen LogP contribution in [0.2, 0.25) is 0 Å². The summed E-state index contributed by atoms with van der Waals surface area (Å²) >= 11 is 0. The van der Waals surface area contributed by atoms with Crippen molar-refractivity contribution < 1.29 is 10.2 Å². The minimum atomic E-state index is -0.111. The molecule has 0 unspecified atom stereocenters.